The number of ether oxygens (including phenoxy) is 1. The fourth-order valence-electron chi connectivity index (χ4n) is 2.35. The van der Waals surface area contributed by atoms with Crippen LogP contribution < -0.4 is 0 Å². The van der Waals surface area contributed by atoms with Crippen LogP contribution in [0.1, 0.15) is 16.7 Å². The molecule has 0 radical (unpaired) electrons. The van der Waals surface area contributed by atoms with Crippen molar-refractivity contribution in [1.82, 2.24) is 0 Å². The third-order valence-corrected chi connectivity index (χ3v) is 3.89. The number of hydrogen-bond acceptors (Lipinski definition) is 5. The average Bonchev–Trinajstić information content (AvgIpc) is 2.95. The fraction of sp³-hybridized carbons (Fsp3) is 0.0588. The highest BCUT2D eigenvalue weighted by Crippen LogP contribution is 2.33. The van der Waals surface area contributed by atoms with Gasteiger partial charge < -0.3 is 4.74 Å². The van der Waals surface area contributed by atoms with Crippen molar-refractivity contribution in [3.8, 4) is 0 Å². The first-order chi connectivity index (χ1) is 12.7. The van der Waals surface area contributed by atoms with E-state index < -0.39 is 28.3 Å². The van der Waals surface area contributed by atoms with E-state index in [1.165, 1.54) is 30.3 Å². The lowest BCUT2D eigenvalue weighted by atomic mass is 10.1. The molecule has 10 heteroatoms. The minimum atomic E-state index is -4.61. The van der Waals surface area contributed by atoms with Crippen LogP contribution in [0.15, 0.2) is 53.2 Å². The summed E-state index contributed by atoms with van der Waals surface area (Å²) in [4.78, 5) is 26.0. The molecule has 0 aromatic heterocycles. The molecule has 0 amide bonds. The van der Waals surface area contributed by atoms with Gasteiger partial charge in [-0.1, -0.05) is 29.8 Å². The molecule has 6 nitrogen and oxygen atoms in total. The molecule has 0 bridgehead atoms. The van der Waals surface area contributed by atoms with Gasteiger partial charge in [0, 0.05) is 11.6 Å². The van der Waals surface area contributed by atoms with E-state index in [0.717, 1.165) is 18.2 Å². The first-order valence-corrected chi connectivity index (χ1v) is 7.67. The first-order valence-electron chi connectivity index (χ1n) is 7.30. The molecule has 1 aliphatic rings. The van der Waals surface area contributed by atoms with Crippen LogP contribution in [0, 0.1) is 10.1 Å². The number of cyclic esters (lactones) is 1. The van der Waals surface area contributed by atoms with Crippen molar-refractivity contribution >= 4 is 35.2 Å². The largest absolute Gasteiger partial charge is 0.416 e. The number of esters is 1. The topological polar surface area (TPSA) is 81.8 Å². The Labute approximate surface area is 154 Å². The maximum absolute atomic E-state index is 13.1. The van der Waals surface area contributed by atoms with Crippen molar-refractivity contribution < 1.29 is 27.6 Å². The molecule has 2 aromatic rings. The highest BCUT2D eigenvalue weighted by molar-refractivity contribution is 6.32. The second kappa shape index (κ2) is 6.84. The fourth-order valence-corrected chi connectivity index (χ4v) is 2.53. The van der Waals surface area contributed by atoms with E-state index in [1.54, 1.807) is 0 Å². The SMILES string of the molecule is O=C1OC(c2ccc(Cl)c([N+](=O)[O-])c2)=NC1=Cc1ccccc1C(F)(F)F. The lowest BCUT2D eigenvalue weighted by Gasteiger charge is -2.09. The number of carbonyl (C=O) groups excluding carboxylic acids is 1. The summed E-state index contributed by atoms with van der Waals surface area (Å²) in [5.74, 6) is -1.24. The Balaban J connectivity index is 2.02. The van der Waals surface area contributed by atoms with Gasteiger partial charge in [-0.05, 0) is 29.8 Å². The normalized spacial score (nSPS) is 15.6. The van der Waals surface area contributed by atoms with E-state index in [1.807, 2.05) is 0 Å². The van der Waals surface area contributed by atoms with Crippen LogP contribution >= 0.6 is 11.6 Å². The van der Waals surface area contributed by atoms with Gasteiger partial charge in [-0.3, -0.25) is 10.1 Å². The summed E-state index contributed by atoms with van der Waals surface area (Å²) in [5.41, 5.74) is -1.89. The summed E-state index contributed by atoms with van der Waals surface area (Å²) < 4.78 is 44.1. The van der Waals surface area contributed by atoms with Gasteiger partial charge in [-0.15, -0.1) is 0 Å². The summed E-state index contributed by atoms with van der Waals surface area (Å²) >= 11 is 5.72. The first kappa shape index (κ1) is 18.6. The molecular formula is C17H8ClF3N2O4. The van der Waals surface area contributed by atoms with Gasteiger partial charge in [0.1, 0.15) is 5.02 Å². The Bertz CT molecular complexity index is 1020. The molecule has 1 heterocycles. The molecule has 2 aromatic carbocycles. The lowest BCUT2D eigenvalue weighted by molar-refractivity contribution is -0.384. The third kappa shape index (κ3) is 3.82. The Kier molecular flexibility index (Phi) is 4.71. The number of benzene rings is 2. The second-order valence-electron chi connectivity index (χ2n) is 5.34. The van der Waals surface area contributed by atoms with Gasteiger partial charge in [-0.2, -0.15) is 13.2 Å². The maximum atomic E-state index is 13.1. The minimum Gasteiger partial charge on any atom is -0.402 e. The number of nitro benzene ring substituents is 1. The number of hydrogen-bond donors (Lipinski definition) is 0. The highest BCUT2D eigenvalue weighted by Gasteiger charge is 2.33. The second-order valence-corrected chi connectivity index (χ2v) is 5.75. The molecule has 0 saturated heterocycles. The van der Waals surface area contributed by atoms with Gasteiger partial charge in [0.2, 0.25) is 5.90 Å². The number of halogens is 4. The lowest BCUT2D eigenvalue weighted by Crippen LogP contribution is -2.08. The van der Waals surface area contributed by atoms with Crippen LogP contribution in [-0.4, -0.2) is 16.8 Å². The zero-order chi connectivity index (χ0) is 19.8. The summed E-state index contributed by atoms with van der Waals surface area (Å²) in [6, 6.07) is 8.29. The maximum Gasteiger partial charge on any atom is 0.416 e. The predicted octanol–water partition coefficient (Wildman–Crippen LogP) is 4.61. The van der Waals surface area contributed by atoms with E-state index >= 15 is 0 Å². The van der Waals surface area contributed by atoms with Crippen molar-refractivity contribution in [3.63, 3.8) is 0 Å². The Morgan fingerprint density at radius 2 is 1.89 bits per heavy atom. The third-order valence-electron chi connectivity index (χ3n) is 3.57. The molecule has 27 heavy (non-hydrogen) atoms. The molecule has 0 spiro atoms. The molecule has 0 atom stereocenters. The molecule has 3 rings (SSSR count). The number of nitro groups is 1. The van der Waals surface area contributed by atoms with Gasteiger partial charge in [0.05, 0.1) is 10.5 Å². The van der Waals surface area contributed by atoms with Crippen molar-refractivity contribution in [1.29, 1.82) is 0 Å². The van der Waals surface area contributed by atoms with Crippen LogP contribution in [0.5, 0.6) is 0 Å². The van der Waals surface area contributed by atoms with E-state index in [4.69, 9.17) is 16.3 Å². The summed E-state index contributed by atoms with van der Waals surface area (Å²) in [6.07, 6.45) is -3.66. The summed E-state index contributed by atoms with van der Waals surface area (Å²) in [6.45, 7) is 0. The van der Waals surface area contributed by atoms with Crippen LogP contribution in [0.25, 0.3) is 6.08 Å². The summed E-state index contributed by atoms with van der Waals surface area (Å²) in [5, 5.41) is 10.8. The smallest absolute Gasteiger partial charge is 0.402 e. The van der Waals surface area contributed by atoms with Crippen molar-refractivity contribution in [3.05, 3.63) is 80.0 Å². The van der Waals surface area contributed by atoms with Gasteiger partial charge in [0.15, 0.2) is 5.70 Å². The van der Waals surface area contributed by atoms with Gasteiger partial charge >= 0.3 is 12.1 Å². The van der Waals surface area contributed by atoms with Crippen LogP contribution in [-0.2, 0) is 15.7 Å². The number of carbonyl (C=O) groups is 1. The Morgan fingerprint density at radius 1 is 1.19 bits per heavy atom. The molecule has 0 aliphatic carbocycles. The molecule has 0 unspecified atom stereocenters. The van der Waals surface area contributed by atoms with Crippen LogP contribution in [0.2, 0.25) is 5.02 Å². The highest BCUT2D eigenvalue weighted by atomic mass is 35.5. The van der Waals surface area contributed by atoms with Gasteiger partial charge in [-0.25, -0.2) is 9.79 Å². The number of alkyl halides is 3. The van der Waals surface area contributed by atoms with Crippen molar-refractivity contribution in [2.45, 2.75) is 6.18 Å². The quantitative estimate of drug-likeness (QED) is 0.328. The summed E-state index contributed by atoms with van der Waals surface area (Å²) in [7, 11) is 0. The number of nitrogens with zero attached hydrogens (tertiary/aromatic N) is 2. The molecule has 0 fully saturated rings. The van der Waals surface area contributed by atoms with E-state index in [2.05, 4.69) is 4.99 Å². The average molecular weight is 397 g/mol. The van der Waals surface area contributed by atoms with E-state index in [-0.39, 0.29) is 27.7 Å². The van der Waals surface area contributed by atoms with Crippen molar-refractivity contribution in [2.24, 2.45) is 4.99 Å². The number of rotatable bonds is 3. The molecule has 138 valence electrons. The zero-order valence-corrected chi connectivity index (χ0v) is 13.9. The van der Waals surface area contributed by atoms with Crippen molar-refractivity contribution in [2.75, 3.05) is 0 Å². The monoisotopic (exact) mass is 396 g/mol. The molecule has 0 saturated carbocycles. The van der Waals surface area contributed by atoms with E-state index in [9.17, 15) is 28.1 Å². The minimum absolute atomic E-state index is 0.0898. The molecule has 0 N–H and O–H groups in total. The van der Waals surface area contributed by atoms with Gasteiger partial charge in [0.25, 0.3) is 5.69 Å². The Hall–Kier alpha value is -3.20. The zero-order valence-electron chi connectivity index (χ0n) is 13.2. The van der Waals surface area contributed by atoms with Crippen LogP contribution in [0.4, 0.5) is 18.9 Å². The Morgan fingerprint density at radius 3 is 2.56 bits per heavy atom. The number of aliphatic imine (C=N–C) groups is 1. The van der Waals surface area contributed by atoms with E-state index in [0.29, 0.717) is 0 Å². The standard InChI is InChI=1S/C17H8ClF3N2O4/c18-12-6-5-10(8-14(12)23(25)26)15-22-13(16(24)27-15)7-9-3-1-2-4-11(9)17(19,20)21/h1-8H. The predicted molar refractivity (Wildman–Crippen MR) is 90.2 cm³/mol. The molecule has 1 aliphatic heterocycles. The van der Waals surface area contributed by atoms with Crippen LogP contribution in [0.3, 0.4) is 0 Å². The molecular weight excluding hydrogens is 389 g/mol.